The van der Waals surface area contributed by atoms with E-state index >= 15 is 0 Å². The second-order valence-electron chi connectivity index (χ2n) is 5.08. The van der Waals surface area contributed by atoms with Gasteiger partial charge in [-0.15, -0.1) is 0 Å². The van der Waals surface area contributed by atoms with E-state index in [2.05, 4.69) is 11.1 Å². The van der Waals surface area contributed by atoms with E-state index in [1.807, 2.05) is 30.3 Å². The van der Waals surface area contributed by atoms with Crippen LogP contribution in [0.5, 0.6) is 0 Å². The van der Waals surface area contributed by atoms with E-state index in [-0.39, 0.29) is 6.61 Å². The number of carbonyl (C=O) groups excluding carboxylic acids is 3. The molecule has 1 amide bonds. The molecule has 0 bridgehead atoms. The molecule has 1 aromatic carbocycles. The van der Waals surface area contributed by atoms with Crippen molar-refractivity contribution in [3.63, 3.8) is 0 Å². The Morgan fingerprint density at radius 3 is 2.27 bits per heavy atom. The van der Waals surface area contributed by atoms with Crippen LogP contribution in [0.3, 0.4) is 0 Å². The van der Waals surface area contributed by atoms with Crippen LogP contribution in [0.4, 0.5) is 18.0 Å². The fraction of sp³-hybridized carbons (Fsp3) is 0.438. The number of benzene rings is 1. The summed E-state index contributed by atoms with van der Waals surface area (Å²) in [6.45, 7) is 1.04. The molecule has 0 aliphatic heterocycles. The average molecular weight is 378 g/mol. The highest BCUT2D eigenvalue weighted by molar-refractivity contribution is 5.73. The van der Waals surface area contributed by atoms with Gasteiger partial charge in [0.05, 0.1) is 12.6 Å². The van der Waals surface area contributed by atoms with Crippen molar-refractivity contribution in [2.24, 2.45) is 0 Å². The molecule has 146 valence electrons. The van der Waals surface area contributed by atoms with E-state index < -0.39 is 24.3 Å². The smallest absolute Gasteiger partial charge is 0.430 e. The molecule has 0 saturated carbocycles. The summed E-state index contributed by atoms with van der Waals surface area (Å²) >= 11 is 0. The molecule has 0 aliphatic rings. The number of hydrogen-bond acceptors (Lipinski definition) is 5. The van der Waals surface area contributed by atoms with Crippen molar-refractivity contribution in [1.29, 1.82) is 0 Å². The van der Waals surface area contributed by atoms with E-state index in [0.29, 0.717) is 6.42 Å². The first-order valence-electron chi connectivity index (χ1n) is 7.70. The van der Waals surface area contributed by atoms with E-state index in [0.717, 1.165) is 31.2 Å². The Balaban J connectivity index is 0.000000758. The first kappa shape index (κ1) is 23.4. The summed E-state index contributed by atoms with van der Waals surface area (Å²) in [5.74, 6) is -3.01. The Morgan fingerprint density at radius 2 is 1.81 bits per heavy atom. The molecule has 26 heavy (non-hydrogen) atoms. The van der Waals surface area contributed by atoms with E-state index in [1.165, 1.54) is 0 Å². The summed E-state index contributed by atoms with van der Waals surface area (Å²) in [6.07, 6.45) is -2.57. The first-order chi connectivity index (χ1) is 12.2. The lowest BCUT2D eigenvalue weighted by Crippen LogP contribution is -2.50. The summed E-state index contributed by atoms with van der Waals surface area (Å²) in [6, 6.07) is 8.93. The third kappa shape index (κ3) is 11.8. The monoisotopic (exact) mass is 378 g/mol. The van der Waals surface area contributed by atoms with Crippen molar-refractivity contribution in [3.05, 3.63) is 35.9 Å². The number of alkyl carbamates (subject to hydrolysis) is 1. The maximum absolute atomic E-state index is 11.5. The van der Waals surface area contributed by atoms with Crippen molar-refractivity contribution < 1.29 is 43.1 Å². The van der Waals surface area contributed by atoms with Crippen LogP contribution in [0.25, 0.3) is 0 Å². The van der Waals surface area contributed by atoms with Gasteiger partial charge in [0.2, 0.25) is 0 Å². The topological polar surface area (TPSA) is 123 Å². The Labute approximate surface area is 148 Å². The zero-order valence-electron chi connectivity index (χ0n) is 14.0. The number of halogens is 3. The molecule has 1 rings (SSSR count). The normalized spacial score (nSPS) is 11.5. The molecular formula is C16H21F3N2O5. The number of amides is 1. The van der Waals surface area contributed by atoms with Crippen LogP contribution in [0.15, 0.2) is 30.3 Å². The van der Waals surface area contributed by atoms with Gasteiger partial charge in [0.25, 0.3) is 0 Å². The molecule has 0 aliphatic carbocycles. The average Bonchev–Trinajstić information content (AvgIpc) is 2.60. The molecule has 0 aromatic heterocycles. The predicted octanol–water partition coefficient (Wildman–Crippen LogP) is 0.191. The molecule has 0 radical (unpaired) electrons. The fourth-order valence-corrected chi connectivity index (χ4v) is 1.63. The van der Waals surface area contributed by atoms with Gasteiger partial charge in [0.1, 0.15) is 18.9 Å². The highest BCUT2D eigenvalue weighted by Crippen LogP contribution is 2.11. The van der Waals surface area contributed by atoms with Crippen molar-refractivity contribution in [2.45, 2.75) is 38.1 Å². The van der Waals surface area contributed by atoms with Crippen molar-refractivity contribution in [1.82, 2.24) is 5.32 Å². The number of ether oxygens (including phenoxy) is 1. The number of carboxylic acid groups (broad SMARTS) is 1. The zero-order valence-corrected chi connectivity index (χ0v) is 14.0. The lowest BCUT2D eigenvalue weighted by molar-refractivity contribution is -0.368. The second-order valence-corrected chi connectivity index (χ2v) is 5.08. The van der Waals surface area contributed by atoms with Gasteiger partial charge in [-0.2, -0.15) is 13.2 Å². The van der Waals surface area contributed by atoms with E-state index in [9.17, 15) is 22.8 Å². The molecule has 7 nitrogen and oxygen atoms in total. The van der Waals surface area contributed by atoms with E-state index in [4.69, 9.17) is 14.6 Å². The summed E-state index contributed by atoms with van der Waals surface area (Å²) in [7, 11) is 0. The van der Waals surface area contributed by atoms with Crippen LogP contribution in [-0.4, -0.2) is 37.1 Å². The molecule has 0 heterocycles. The van der Waals surface area contributed by atoms with Gasteiger partial charge in [0, 0.05) is 0 Å². The SMILES string of the molecule is O=C([O-])C(F)(F)F.[NH3+]CCCCC(C=O)NC(=O)OCc1ccccc1. The van der Waals surface area contributed by atoms with Gasteiger partial charge in [-0.05, 0) is 24.8 Å². The molecule has 4 N–H and O–H groups in total. The van der Waals surface area contributed by atoms with Crippen molar-refractivity contribution in [2.75, 3.05) is 6.54 Å². The quantitative estimate of drug-likeness (QED) is 0.494. The Morgan fingerprint density at radius 1 is 1.23 bits per heavy atom. The highest BCUT2D eigenvalue weighted by Gasteiger charge is 2.28. The number of unbranched alkanes of at least 4 members (excludes halogenated alkanes) is 1. The Kier molecular flexibility index (Phi) is 11.4. The lowest BCUT2D eigenvalue weighted by atomic mass is 10.1. The summed E-state index contributed by atoms with van der Waals surface area (Å²) in [5, 5.41) is 11.3. The van der Waals surface area contributed by atoms with Crippen LogP contribution in [-0.2, 0) is 20.9 Å². The number of carboxylic acids is 1. The maximum atomic E-state index is 11.5. The number of carbonyl (C=O) groups is 3. The molecule has 1 aromatic rings. The standard InChI is InChI=1S/C14H20N2O3.C2HF3O2/c15-9-5-4-8-13(10-17)16-14(18)19-11-12-6-2-1-3-7-12;3-2(4,5)1(6)7/h1-3,6-7,10,13H,4-5,8-9,11,15H2,(H,16,18);(H,6,7). The van der Waals surface area contributed by atoms with Gasteiger partial charge >= 0.3 is 12.3 Å². The Bertz CT molecular complexity index is 553. The molecule has 10 heteroatoms. The minimum absolute atomic E-state index is 0.205. The number of quaternary nitrogens is 1. The van der Waals surface area contributed by atoms with Crippen molar-refractivity contribution in [3.8, 4) is 0 Å². The van der Waals surface area contributed by atoms with Gasteiger partial charge in [-0.25, -0.2) is 4.79 Å². The number of alkyl halides is 3. The third-order valence-electron chi connectivity index (χ3n) is 2.93. The molecule has 1 atom stereocenters. The van der Waals surface area contributed by atoms with Gasteiger partial charge in [0.15, 0.2) is 0 Å². The second kappa shape index (κ2) is 12.7. The summed E-state index contributed by atoms with van der Waals surface area (Å²) in [5.41, 5.74) is 4.65. The first-order valence-corrected chi connectivity index (χ1v) is 7.70. The van der Waals surface area contributed by atoms with Gasteiger partial charge < -0.3 is 30.5 Å². The number of nitrogens with one attached hydrogen (secondary N) is 1. The highest BCUT2D eigenvalue weighted by atomic mass is 19.4. The number of aliphatic carboxylic acids is 1. The lowest BCUT2D eigenvalue weighted by Gasteiger charge is -2.12. The molecule has 0 spiro atoms. The van der Waals surface area contributed by atoms with Gasteiger partial charge in [-0.1, -0.05) is 30.3 Å². The minimum atomic E-state index is -5.19. The van der Waals surface area contributed by atoms with E-state index in [1.54, 1.807) is 0 Å². The van der Waals surface area contributed by atoms with Crippen LogP contribution in [0.1, 0.15) is 24.8 Å². The number of aldehydes is 1. The number of hydrogen-bond donors (Lipinski definition) is 2. The summed E-state index contributed by atoms with van der Waals surface area (Å²) < 4.78 is 36.6. The summed E-state index contributed by atoms with van der Waals surface area (Å²) in [4.78, 5) is 31.1. The molecular weight excluding hydrogens is 357 g/mol. The number of rotatable bonds is 8. The van der Waals surface area contributed by atoms with Gasteiger partial charge in [-0.3, -0.25) is 0 Å². The largest absolute Gasteiger partial charge is 0.542 e. The van der Waals surface area contributed by atoms with Crippen molar-refractivity contribution >= 4 is 18.3 Å². The zero-order chi connectivity index (χ0) is 20.0. The predicted molar refractivity (Wildman–Crippen MR) is 82.3 cm³/mol. The maximum Gasteiger partial charge on any atom is 0.430 e. The van der Waals surface area contributed by atoms with Crippen LogP contribution in [0, 0.1) is 0 Å². The Hall–Kier alpha value is -2.62. The van der Waals surface area contributed by atoms with Crippen LogP contribution < -0.4 is 16.2 Å². The van der Waals surface area contributed by atoms with Crippen LogP contribution in [0.2, 0.25) is 0 Å². The minimum Gasteiger partial charge on any atom is -0.542 e. The third-order valence-corrected chi connectivity index (χ3v) is 2.93. The molecule has 1 unspecified atom stereocenters. The van der Waals surface area contributed by atoms with Crippen LogP contribution >= 0.6 is 0 Å². The molecule has 0 fully saturated rings. The molecule has 0 saturated heterocycles. The fourth-order valence-electron chi connectivity index (χ4n) is 1.63.